The second kappa shape index (κ2) is 3.32. The van der Waals surface area contributed by atoms with E-state index in [2.05, 4.69) is 5.16 Å². The van der Waals surface area contributed by atoms with Crippen molar-refractivity contribution < 1.29 is 5.21 Å². The van der Waals surface area contributed by atoms with Crippen LogP contribution in [0.2, 0.25) is 5.02 Å². The second-order valence-electron chi connectivity index (χ2n) is 2.22. The van der Waals surface area contributed by atoms with E-state index in [9.17, 15) is 0 Å². The molecule has 64 valence electrons. The van der Waals surface area contributed by atoms with Crippen molar-refractivity contribution in [1.29, 1.82) is 0 Å². The van der Waals surface area contributed by atoms with Crippen LogP contribution in [0.15, 0.2) is 23.4 Å². The van der Waals surface area contributed by atoms with Crippen LogP contribution >= 0.6 is 11.6 Å². The van der Waals surface area contributed by atoms with Gasteiger partial charge in [0.1, 0.15) is 0 Å². The summed E-state index contributed by atoms with van der Waals surface area (Å²) < 4.78 is 0. The Labute approximate surface area is 74.4 Å². The van der Waals surface area contributed by atoms with Gasteiger partial charge in [0.15, 0.2) is 5.84 Å². The molecule has 0 heterocycles. The molecule has 0 aliphatic carbocycles. The van der Waals surface area contributed by atoms with Gasteiger partial charge in [0.25, 0.3) is 0 Å². The third-order valence-electron chi connectivity index (χ3n) is 1.37. The zero-order valence-corrected chi connectivity index (χ0v) is 6.92. The molecule has 5 N–H and O–H groups in total. The highest BCUT2D eigenvalue weighted by Gasteiger charge is 2.04. The van der Waals surface area contributed by atoms with Gasteiger partial charge < -0.3 is 16.7 Å². The number of hydrogen-bond donors (Lipinski definition) is 3. The van der Waals surface area contributed by atoms with Gasteiger partial charge in [-0.2, -0.15) is 0 Å². The average Bonchev–Trinajstić information content (AvgIpc) is 2.08. The maximum atomic E-state index is 8.37. The summed E-state index contributed by atoms with van der Waals surface area (Å²) >= 11 is 5.74. The average molecular weight is 186 g/mol. The number of nitrogens with two attached hydrogens (primary N) is 2. The van der Waals surface area contributed by atoms with Gasteiger partial charge in [-0.25, -0.2) is 0 Å². The van der Waals surface area contributed by atoms with E-state index < -0.39 is 0 Å². The van der Waals surface area contributed by atoms with Crippen LogP contribution < -0.4 is 11.5 Å². The number of nitrogens with zero attached hydrogens (tertiary/aromatic N) is 1. The third-order valence-corrected chi connectivity index (χ3v) is 1.70. The van der Waals surface area contributed by atoms with Crippen molar-refractivity contribution in [2.24, 2.45) is 10.9 Å². The summed E-state index contributed by atoms with van der Waals surface area (Å²) in [5.74, 6) is -0.0488. The summed E-state index contributed by atoms with van der Waals surface area (Å²) in [6, 6.07) is 4.76. The molecule has 0 radical (unpaired) electrons. The maximum Gasteiger partial charge on any atom is 0.171 e. The standard InChI is InChI=1S/C7H8ClN3O/c8-6-2-1-4(9)3-5(6)7(10)11-12/h1-3,12H,9H2,(H2,10,11). The minimum atomic E-state index is -0.0488. The Morgan fingerprint density at radius 3 is 2.75 bits per heavy atom. The summed E-state index contributed by atoms with van der Waals surface area (Å²) in [5, 5.41) is 11.6. The third kappa shape index (κ3) is 1.60. The molecule has 0 fully saturated rings. The SMILES string of the molecule is N/C(=N\O)c1cc(N)ccc1Cl. The molecule has 0 aliphatic rings. The van der Waals surface area contributed by atoms with E-state index in [0.29, 0.717) is 16.3 Å². The molecule has 5 heteroatoms. The van der Waals surface area contributed by atoms with Gasteiger partial charge in [-0.1, -0.05) is 16.8 Å². The molecule has 0 atom stereocenters. The Kier molecular flexibility index (Phi) is 2.40. The molecule has 0 unspecified atom stereocenters. The quantitative estimate of drug-likeness (QED) is 0.201. The first-order valence-corrected chi connectivity index (χ1v) is 3.56. The minimum Gasteiger partial charge on any atom is -0.409 e. The topological polar surface area (TPSA) is 84.6 Å². The lowest BCUT2D eigenvalue weighted by Crippen LogP contribution is -2.13. The summed E-state index contributed by atoms with van der Waals surface area (Å²) in [7, 11) is 0. The monoisotopic (exact) mass is 185 g/mol. The molecule has 0 aliphatic heterocycles. The Hall–Kier alpha value is -1.42. The molecule has 1 aromatic rings. The van der Waals surface area contributed by atoms with Gasteiger partial charge in [0.05, 0.1) is 5.02 Å². The van der Waals surface area contributed by atoms with Crippen molar-refractivity contribution >= 4 is 23.1 Å². The summed E-state index contributed by atoms with van der Waals surface area (Å²) in [6.07, 6.45) is 0. The molecule has 0 bridgehead atoms. The Morgan fingerprint density at radius 2 is 2.17 bits per heavy atom. The van der Waals surface area contributed by atoms with Crippen molar-refractivity contribution in [3.8, 4) is 0 Å². The van der Waals surface area contributed by atoms with E-state index in [4.69, 9.17) is 28.3 Å². The highest BCUT2D eigenvalue weighted by molar-refractivity contribution is 6.34. The number of halogens is 1. The summed E-state index contributed by atoms with van der Waals surface area (Å²) in [4.78, 5) is 0. The molecular weight excluding hydrogens is 178 g/mol. The van der Waals surface area contributed by atoms with Crippen molar-refractivity contribution in [2.75, 3.05) is 5.73 Å². The van der Waals surface area contributed by atoms with E-state index >= 15 is 0 Å². The Morgan fingerprint density at radius 1 is 1.50 bits per heavy atom. The zero-order valence-electron chi connectivity index (χ0n) is 6.16. The smallest absolute Gasteiger partial charge is 0.171 e. The molecule has 0 saturated heterocycles. The van der Waals surface area contributed by atoms with Crippen molar-refractivity contribution in [3.05, 3.63) is 28.8 Å². The van der Waals surface area contributed by atoms with Gasteiger partial charge in [-0.3, -0.25) is 0 Å². The van der Waals surface area contributed by atoms with Crippen LogP contribution in [-0.4, -0.2) is 11.0 Å². The van der Waals surface area contributed by atoms with E-state index in [0.717, 1.165) is 0 Å². The fourth-order valence-corrected chi connectivity index (χ4v) is 1.01. The maximum absolute atomic E-state index is 8.37. The molecule has 4 nitrogen and oxygen atoms in total. The number of hydrogen-bond acceptors (Lipinski definition) is 3. The van der Waals surface area contributed by atoms with Crippen LogP contribution in [0.4, 0.5) is 5.69 Å². The number of oxime groups is 1. The predicted molar refractivity (Wildman–Crippen MR) is 48.4 cm³/mol. The Balaban J connectivity index is 3.23. The highest BCUT2D eigenvalue weighted by Crippen LogP contribution is 2.18. The normalized spacial score (nSPS) is 11.6. The number of nitrogen functional groups attached to an aromatic ring is 1. The fourth-order valence-electron chi connectivity index (χ4n) is 0.793. The van der Waals surface area contributed by atoms with Crippen LogP contribution in [0.3, 0.4) is 0 Å². The molecule has 1 aromatic carbocycles. The summed E-state index contributed by atoms with van der Waals surface area (Å²) in [5.41, 5.74) is 11.7. The second-order valence-corrected chi connectivity index (χ2v) is 2.63. The van der Waals surface area contributed by atoms with Crippen molar-refractivity contribution in [1.82, 2.24) is 0 Å². The van der Waals surface area contributed by atoms with Crippen LogP contribution in [0.25, 0.3) is 0 Å². The number of benzene rings is 1. The van der Waals surface area contributed by atoms with Gasteiger partial charge >= 0.3 is 0 Å². The van der Waals surface area contributed by atoms with Crippen LogP contribution in [-0.2, 0) is 0 Å². The Bertz CT molecular complexity index is 324. The lowest BCUT2D eigenvalue weighted by molar-refractivity contribution is 0.318. The van der Waals surface area contributed by atoms with Crippen LogP contribution in [0.5, 0.6) is 0 Å². The molecule has 0 spiro atoms. The van der Waals surface area contributed by atoms with E-state index in [-0.39, 0.29) is 5.84 Å². The first-order valence-electron chi connectivity index (χ1n) is 3.18. The van der Waals surface area contributed by atoms with Crippen molar-refractivity contribution in [2.45, 2.75) is 0 Å². The zero-order chi connectivity index (χ0) is 9.14. The van der Waals surface area contributed by atoms with E-state index in [1.807, 2.05) is 0 Å². The van der Waals surface area contributed by atoms with E-state index in [1.165, 1.54) is 6.07 Å². The lowest BCUT2D eigenvalue weighted by Gasteiger charge is -2.02. The first kappa shape index (κ1) is 8.67. The number of amidine groups is 1. The molecular formula is C7H8ClN3O. The van der Waals surface area contributed by atoms with Crippen LogP contribution in [0.1, 0.15) is 5.56 Å². The minimum absolute atomic E-state index is 0.0488. The lowest BCUT2D eigenvalue weighted by atomic mass is 10.2. The van der Waals surface area contributed by atoms with Crippen molar-refractivity contribution in [3.63, 3.8) is 0 Å². The van der Waals surface area contributed by atoms with Gasteiger partial charge in [0, 0.05) is 11.3 Å². The molecule has 0 saturated carbocycles. The van der Waals surface area contributed by atoms with Gasteiger partial charge in [0.2, 0.25) is 0 Å². The molecule has 0 amide bonds. The number of rotatable bonds is 1. The first-order chi connectivity index (χ1) is 5.65. The number of anilines is 1. The van der Waals surface area contributed by atoms with Crippen LogP contribution in [0, 0.1) is 0 Å². The predicted octanol–water partition coefficient (Wildman–Crippen LogP) is 1.02. The summed E-state index contributed by atoms with van der Waals surface area (Å²) in [6.45, 7) is 0. The fraction of sp³-hybridized carbons (Fsp3) is 0. The highest BCUT2D eigenvalue weighted by atomic mass is 35.5. The van der Waals surface area contributed by atoms with E-state index in [1.54, 1.807) is 12.1 Å². The molecule has 12 heavy (non-hydrogen) atoms. The van der Waals surface area contributed by atoms with Gasteiger partial charge in [-0.05, 0) is 18.2 Å². The molecule has 1 rings (SSSR count). The van der Waals surface area contributed by atoms with Gasteiger partial charge in [-0.15, -0.1) is 0 Å². The largest absolute Gasteiger partial charge is 0.409 e. The molecule has 0 aromatic heterocycles.